The third kappa shape index (κ3) is 1.95. The largest absolute Gasteiger partial charge is 0.481 e. The number of nitrogens with one attached hydrogen (secondary N) is 1. The fraction of sp³-hybridized carbons (Fsp3) is 0.308. The summed E-state index contributed by atoms with van der Waals surface area (Å²) in [5, 5.41) is 11.6. The van der Waals surface area contributed by atoms with Gasteiger partial charge in [-0.25, -0.2) is 4.98 Å². The van der Waals surface area contributed by atoms with Gasteiger partial charge in [0.05, 0.1) is 23.0 Å². The lowest BCUT2D eigenvalue weighted by molar-refractivity contribution is -0.137. The molecule has 0 unspecified atom stereocenters. The van der Waals surface area contributed by atoms with Gasteiger partial charge in [0, 0.05) is 19.5 Å². The monoisotopic (exact) mass is 259 g/mol. The Hall–Kier alpha value is -2.37. The van der Waals surface area contributed by atoms with Crippen LogP contribution in [0.25, 0.3) is 11.0 Å². The summed E-state index contributed by atoms with van der Waals surface area (Å²) >= 11 is 0. The van der Waals surface area contributed by atoms with E-state index in [1.807, 2.05) is 10.6 Å². The van der Waals surface area contributed by atoms with E-state index < -0.39 is 5.97 Å². The SMILES string of the molecule is O=C(O)CCc1nc2cccc3c2n1CCNC3=O. The zero-order valence-corrected chi connectivity index (χ0v) is 10.2. The molecule has 0 fully saturated rings. The first kappa shape index (κ1) is 11.7. The number of nitrogens with zero attached hydrogens (tertiary/aromatic N) is 2. The first-order chi connectivity index (χ1) is 9.16. The van der Waals surface area contributed by atoms with E-state index in [-0.39, 0.29) is 12.3 Å². The number of aromatic nitrogens is 2. The number of benzene rings is 1. The van der Waals surface area contributed by atoms with Gasteiger partial charge in [-0.15, -0.1) is 0 Å². The van der Waals surface area contributed by atoms with E-state index in [1.165, 1.54) is 0 Å². The lowest BCUT2D eigenvalue weighted by atomic mass is 10.2. The van der Waals surface area contributed by atoms with Gasteiger partial charge in [0.1, 0.15) is 5.82 Å². The van der Waals surface area contributed by atoms with Crippen molar-refractivity contribution < 1.29 is 14.7 Å². The van der Waals surface area contributed by atoms with Crippen LogP contribution in [0.2, 0.25) is 0 Å². The average Bonchev–Trinajstić information content (AvgIpc) is 2.64. The number of aliphatic carboxylic acids is 1. The van der Waals surface area contributed by atoms with E-state index in [2.05, 4.69) is 10.3 Å². The third-order valence-electron chi connectivity index (χ3n) is 3.27. The van der Waals surface area contributed by atoms with E-state index in [0.717, 1.165) is 16.9 Å². The lowest BCUT2D eigenvalue weighted by Gasteiger charge is -2.05. The normalized spacial score (nSPS) is 14.2. The van der Waals surface area contributed by atoms with Gasteiger partial charge in [0.25, 0.3) is 5.91 Å². The summed E-state index contributed by atoms with van der Waals surface area (Å²) in [7, 11) is 0. The van der Waals surface area contributed by atoms with E-state index in [9.17, 15) is 9.59 Å². The number of aryl methyl sites for hydroxylation is 1. The maximum atomic E-state index is 11.9. The third-order valence-corrected chi connectivity index (χ3v) is 3.27. The number of imidazole rings is 1. The van der Waals surface area contributed by atoms with Gasteiger partial charge in [-0.1, -0.05) is 6.07 Å². The number of carboxylic acid groups (broad SMARTS) is 1. The predicted molar refractivity (Wildman–Crippen MR) is 68.0 cm³/mol. The molecule has 2 heterocycles. The molecule has 2 N–H and O–H groups in total. The number of hydrogen-bond donors (Lipinski definition) is 2. The Morgan fingerprint density at radius 2 is 2.32 bits per heavy atom. The standard InChI is InChI=1S/C13H13N3O3/c17-11(18)5-4-10-15-9-3-1-2-8-12(9)16(10)7-6-14-13(8)19/h1-3H,4-7H2,(H,14,19)(H,17,18). The van der Waals surface area contributed by atoms with Gasteiger partial charge in [-0.3, -0.25) is 9.59 Å². The van der Waals surface area contributed by atoms with Crippen LogP contribution in [-0.2, 0) is 17.8 Å². The molecule has 1 amide bonds. The fourth-order valence-electron chi connectivity index (χ4n) is 2.44. The Labute approximate surface area is 109 Å². The zero-order valence-electron chi connectivity index (χ0n) is 10.2. The van der Waals surface area contributed by atoms with Crippen LogP contribution < -0.4 is 5.32 Å². The van der Waals surface area contributed by atoms with E-state index in [0.29, 0.717) is 25.1 Å². The topological polar surface area (TPSA) is 84.2 Å². The van der Waals surface area contributed by atoms with E-state index in [4.69, 9.17) is 5.11 Å². The van der Waals surface area contributed by atoms with Gasteiger partial charge >= 0.3 is 5.97 Å². The molecular formula is C13H13N3O3. The molecule has 1 aromatic carbocycles. The highest BCUT2D eigenvalue weighted by Gasteiger charge is 2.20. The second kappa shape index (κ2) is 4.38. The molecule has 0 atom stereocenters. The highest BCUT2D eigenvalue weighted by atomic mass is 16.4. The highest BCUT2D eigenvalue weighted by molar-refractivity contribution is 6.05. The molecule has 6 heteroatoms. The number of amides is 1. The predicted octanol–water partition coefficient (Wildman–Crippen LogP) is 0.797. The molecule has 6 nitrogen and oxygen atoms in total. The summed E-state index contributed by atoms with van der Waals surface area (Å²) in [4.78, 5) is 27.1. The minimum Gasteiger partial charge on any atom is -0.481 e. The van der Waals surface area contributed by atoms with Crippen molar-refractivity contribution in [2.75, 3.05) is 6.54 Å². The van der Waals surface area contributed by atoms with E-state index in [1.54, 1.807) is 12.1 Å². The van der Waals surface area contributed by atoms with Crippen LogP contribution in [0.15, 0.2) is 18.2 Å². The number of carbonyl (C=O) groups excluding carboxylic acids is 1. The van der Waals surface area contributed by atoms with Crippen LogP contribution in [-0.4, -0.2) is 33.1 Å². The molecule has 1 aliphatic rings. The Morgan fingerprint density at radius 3 is 3.11 bits per heavy atom. The molecular weight excluding hydrogens is 246 g/mol. The summed E-state index contributed by atoms with van der Waals surface area (Å²) in [6.07, 6.45) is 0.414. The maximum absolute atomic E-state index is 11.9. The van der Waals surface area contributed by atoms with Crippen molar-refractivity contribution in [1.82, 2.24) is 14.9 Å². The molecule has 98 valence electrons. The van der Waals surface area contributed by atoms with Gasteiger partial charge in [0.2, 0.25) is 0 Å². The van der Waals surface area contributed by atoms with Crippen LogP contribution in [0.4, 0.5) is 0 Å². The minimum absolute atomic E-state index is 0.0417. The molecule has 0 saturated heterocycles. The van der Waals surface area contributed by atoms with Crippen molar-refractivity contribution in [2.45, 2.75) is 19.4 Å². The number of carboxylic acids is 1. The molecule has 0 spiro atoms. The summed E-state index contributed by atoms with van der Waals surface area (Å²) in [6.45, 7) is 1.15. The smallest absolute Gasteiger partial charge is 0.303 e. The Bertz CT molecular complexity index is 675. The Morgan fingerprint density at radius 1 is 1.47 bits per heavy atom. The molecule has 19 heavy (non-hydrogen) atoms. The van der Waals surface area contributed by atoms with Crippen molar-refractivity contribution in [3.05, 3.63) is 29.6 Å². The van der Waals surface area contributed by atoms with Gasteiger partial charge in [0.15, 0.2) is 0 Å². The Kier molecular flexibility index (Phi) is 2.70. The number of carbonyl (C=O) groups is 2. The van der Waals surface area contributed by atoms with Crippen molar-refractivity contribution in [1.29, 1.82) is 0 Å². The van der Waals surface area contributed by atoms with Crippen LogP contribution in [0, 0.1) is 0 Å². The molecule has 0 radical (unpaired) electrons. The summed E-state index contributed by atoms with van der Waals surface area (Å²) in [5.41, 5.74) is 2.15. The number of rotatable bonds is 3. The van der Waals surface area contributed by atoms with Gasteiger partial charge in [-0.05, 0) is 12.1 Å². The molecule has 3 rings (SSSR count). The van der Waals surface area contributed by atoms with Crippen molar-refractivity contribution in [3.8, 4) is 0 Å². The van der Waals surface area contributed by atoms with Crippen molar-refractivity contribution in [2.24, 2.45) is 0 Å². The second-order valence-corrected chi connectivity index (χ2v) is 4.50. The molecule has 1 aromatic heterocycles. The quantitative estimate of drug-likeness (QED) is 0.853. The first-order valence-electron chi connectivity index (χ1n) is 6.15. The summed E-state index contributed by atoms with van der Waals surface area (Å²) < 4.78 is 1.95. The van der Waals surface area contributed by atoms with Crippen molar-refractivity contribution in [3.63, 3.8) is 0 Å². The van der Waals surface area contributed by atoms with Crippen LogP contribution in [0.5, 0.6) is 0 Å². The number of para-hydroxylation sites is 1. The van der Waals surface area contributed by atoms with Crippen LogP contribution in [0.1, 0.15) is 22.6 Å². The van der Waals surface area contributed by atoms with Gasteiger partial charge < -0.3 is 15.0 Å². The molecule has 1 aliphatic heterocycles. The first-order valence-corrected chi connectivity index (χ1v) is 6.15. The average molecular weight is 259 g/mol. The van der Waals surface area contributed by atoms with E-state index >= 15 is 0 Å². The molecule has 0 aliphatic carbocycles. The molecule has 2 aromatic rings. The molecule has 0 bridgehead atoms. The summed E-state index contributed by atoms with van der Waals surface area (Å²) in [6, 6.07) is 5.40. The second-order valence-electron chi connectivity index (χ2n) is 4.50. The lowest BCUT2D eigenvalue weighted by Crippen LogP contribution is -2.24. The summed E-state index contributed by atoms with van der Waals surface area (Å²) in [5.74, 6) is -0.224. The number of hydrogen-bond acceptors (Lipinski definition) is 3. The zero-order chi connectivity index (χ0) is 13.4. The van der Waals surface area contributed by atoms with Gasteiger partial charge in [-0.2, -0.15) is 0 Å². The van der Waals surface area contributed by atoms with Crippen LogP contribution >= 0.6 is 0 Å². The highest BCUT2D eigenvalue weighted by Crippen LogP contribution is 2.23. The minimum atomic E-state index is -0.845. The van der Waals surface area contributed by atoms with Crippen LogP contribution in [0.3, 0.4) is 0 Å². The maximum Gasteiger partial charge on any atom is 0.303 e. The fourth-order valence-corrected chi connectivity index (χ4v) is 2.44. The Balaban J connectivity index is 2.15. The molecule has 0 saturated carbocycles. The van der Waals surface area contributed by atoms with Crippen molar-refractivity contribution >= 4 is 22.9 Å².